The summed E-state index contributed by atoms with van der Waals surface area (Å²) in [6, 6.07) is 21.8. The van der Waals surface area contributed by atoms with Crippen molar-refractivity contribution in [3.8, 4) is 11.1 Å². The van der Waals surface area contributed by atoms with Gasteiger partial charge in [-0.15, -0.1) is 0 Å². The maximum atomic E-state index is 3.34. The van der Waals surface area contributed by atoms with Gasteiger partial charge >= 0.3 is 0 Å². The smallest absolute Gasteiger partial charge is 0.0420 e. The molecule has 0 bridgehead atoms. The van der Waals surface area contributed by atoms with E-state index in [-0.39, 0.29) is 0 Å². The maximum absolute atomic E-state index is 3.34. The number of rotatable bonds is 4. The maximum Gasteiger partial charge on any atom is 0.0420 e. The summed E-state index contributed by atoms with van der Waals surface area (Å²) in [6.45, 7) is 2.23. The monoisotopic (exact) mass is 275 g/mol. The van der Waals surface area contributed by atoms with Crippen molar-refractivity contribution in [2.24, 2.45) is 0 Å². The van der Waals surface area contributed by atoms with Crippen LogP contribution in [0.5, 0.6) is 0 Å². The van der Waals surface area contributed by atoms with Crippen molar-refractivity contribution in [3.63, 3.8) is 0 Å². The standard InChI is InChI=1S/C20H21N/c1-3-7-16-10-6-11-19(21-2)20(16)18-13-12-15-8-4-5-9-17(15)14-18/h4-6,8-14,21H,3,7H2,1-2H3. The molecule has 0 aliphatic carbocycles. The van der Waals surface area contributed by atoms with E-state index in [1.165, 1.54) is 33.2 Å². The minimum Gasteiger partial charge on any atom is -0.388 e. The fourth-order valence-corrected chi connectivity index (χ4v) is 2.97. The van der Waals surface area contributed by atoms with Crippen molar-refractivity contribution in [1.82, 2.24) is 0 Å². The molecule has 0 fully saturated rings. The summed E-state index contributed by atoms with van der Waals surface area (Å²) >= 11 is 0. The van der Waals surface area contributed by atoms with Gasteiger partial charge in [-0.2, -0.15) is 0 Å². The van der Waals surface area contributed by atoms with Crippen LogP contribution in [-0.2, 0) is 6.42 Å². The van der Waals surface area contributed by atoms with Gasteiger partial charge in [0.05, 0.1) is 0 Å². The molecule has 0 atom stereocenters. The van der Waals surface area contributed by atoms with E-state index >= 15 is 0 Å². The molecular formula is C20H21N. The van der Waals surface area contributed by atoms with E-state index in [1.54, 1.807) is 0 Å². The van der Waals surface area contributed by atoms with E-state index in [9.17, 15) is 0 Å². The number of nitrogens with one attached hydrogen (secondary N) is 1. The highest BCUT2D eigenvalue weighted by Gasteiger charge is 2.10. The molecule has 0 unspecified atom stereocenters. The lowest BCUT2D eigenvalue weighted by Gasteiger charge is -2.15. The topological polar surface area (TPSA) is 12.0 Å². The summed E-state index contributed by atoms with van der Waals surface area (Å²) in [6.07, 6.45) is 2.27. The number of aryl methyl sites for hydroxylation is 1. The Balaban J connectivity index is 2.20. The molecule has 0 amide bonds. The first-order chi connectivity index (χ1) is 10.3. The molecule has 0 spiro atoms. The highest BCUT2D eigenvalue weighted by atomic mass is 14.8. The van der Waals surface area contributed by atoms with Crippen LogP contribution in [0, 0.1) is 0 Å². The number of hydrogen-bond donors (Lipinski definition) is 1. The lowest BCUT2D eigenvalue weighted by molar-refractivity contribution is 0.924. The van der Waals surface area contributed by atoms with Crippen LogP contribution in [0.2, 0.25) is 0 Å². The Labute approximate surface area is 126 Å². The second-order valence-electron chi connectivity index (χ2n) is 5.40. The van der Waals surface area contributed by atoms with Gasteiger partial charge in [-0.3, -0.25) is 0 Å². The predicted molar refractivity (Wildman–Crippen MR) is 92.9 cm³/mol. The van der Waals surface area contributed by atoms with Crippen molar-refractivity contribution < 1.29 is 0 Å². The SMILES string of the molecule is CCCc1cccc(NC)c1-c1ccc2ccccc2c1. The Morgan fingerprint density at radius 2 is 1.67 bits per heavy atom. The molecule has 0 saturated carbocycles. The van der Waals surface area contributed by atoms with Gasteiger partial charge in [0.25, 0.3) is 0 Å². The molecule has 1 N–H and O–H groups in total. The third-order valence-corrected chi connectivity index (χ3v) is 3.98. The summed E-state index contributed by atoms with van der Waals surface area (Å²) < 4.78 is 0. The van der Waals surface area contributed by atoms with Crippen LogP contribution in [0.25, 0.3) is 21.9 Å². The zero-order valence-corrected chi connectivity index (χ0v) is 12.7. The van der Waals surface area contributed by atoms with E-state index in [4.69, 9.17) is 0 Å². The molecule has 0 saturated heterocycles. The molecule has 3 aromatic carbocycles. The lowest BCUT2D eigenvalue weighted by Crippen LogP contribution is -1.97. The largest absolute Gasteiger partial charge is 0.388 e. The fraction of sp³-hybridized carbons (Fsp3) is 0.200. The first-order valence-corrected chi connectivity index (χ1v) is 7.62. The first-order valence-electron chi connectivity index (χ1n) is 7.62. The van der Waals surface area contributed by atoms with Gasteiger partial charge in [0.2, 0.25) is 0 Å². The van der Waals surface area contributed by atoms with Crippen molar-refractivity contribution >= 4 is 16.5 Å². The number of hydrogen-bond acceptors (Lipinski definition) is 1. The van der Waals surface area contributed by atoms with Gasteiger partial charge in [0.15, 0.2) is 0 Å². The Bertz CT molecular complexity index is 759. The van der Waals surface area contributed by atoms with Crippen molar-refractivity contribution in [3.05, 3.63) is 66.2 Å². The molecular weight excluding hydrogens is 254 g/mol. The highest BCUT2D eigenvalue weighted by molar-refractivity contribution is 5.90. The third-order valence-electron chi connectivity index (χ3n) is 3.98. The summed E-state index contributed by atoms with van der Waals surface area (Å²) in [5.74, 6) is 0. The second-order valence-corrected chi connectivity index (χ2v) is 5.40. The molecule has 0 aromatic heterocycles. The minimum absolute atomic E-state index is 1.11. The Hall–Kier alpha value is -2.28. The molecule has 21 heavy (non-hydrogen) atoms. The van der Waals surface area contributed by atoms with Crippen molar-refractivity contribution in [1.29, 1.82) is 0 Å². The number of fused-ring (bicyclic) bond motifs is 1. The van der Waals surface area contributed by atoms with E-state index < -0.39 is 0 Å². The van der Waals surface area contributed by atoms with Crippen molar-refractivity contribution in [2.45, 2.75) is 19.8 Å². The van der Waals surface area contributed by atoms with Crippen LogP contribution < -0.4 is 5.32 Å². The first kappa shape index (κ1) is 13.7. The molecule has 0 aliphatic heterocycles. The summed E-state index contributed by atoms with van der Waals surface area (Å²) in [5.41, 5.74) is 5.26. The van der Waals surface area contributed by atoms with Crippen LogP contribution in [0.4, 0.5) is 5.69 Å². The third kappa shape index (κ3) is 2.64. The zero-order valence-electron chi connectivity index (χ0n) is 12.7. The average molecular weight is 275 g/mol. The van der Waals surface area contributed by atoms with Crippen LogP contribution >= 0.6 is 0 Å². The molecule has 3 aromatic rings. The van der Waals surface area contributed by atoms with Gasteiger partial charge in [-0.05, 0) is 40.5 Å². The van der Waals surface area contributed by atoms with E-state index in [0.717, 1.165) is 12.8 Å². The van der Waals surface area contributed by atoms with Gasteiger partial charge < -0.3 is 5.32 Å². The molecule has 0 radical (unpaired) electrons. The minimum atomic E-state index is 1.11. The van der Waals surface area contributed by atoms with Gasteiger partial charge in [0, 0.05) is 18.3 Å². The van der Waals surface area contributed by atoms with E-state index in [0.29, 0.717) is 0 Å². The lowest BCUT2D eigenvalue weighted by atomic mass is 9.93. The number of benzene rings is 3. The second kappa shape index (κ2) is 6.01. The fourth-order valence-electron chi connectivity index (χ4n) is 2.97. The van der Waals surface area contributed by atoms with Crippen molar-refractivity contribution in [2.75, 3.05) is 12.4 Å². The van der Waals surface area contributed by atoms with Gasteiger partial charge in [-0.1, -0.05) is 61.9 Å². The number of anilines is 1. The summed E-state index contributed by atoms with van der Waals surface area (Å²) in [7, 11) is 2.00. The molecule has 0 heterocycles. The van der Waals surface area contributed by atoms with Gasteiger partial charge in [-0.25, -0.2) is 0 Å². The van der Waals surface area contributed by atoms with Crippen LogP contribution in [0.3, 0.4) is 0 Å². The summed E-state index contributed by atoms with van der Waals surface area (Å²) in [5, 5.41) is 5.93. The molecule has 106 valence electrons. The molecule has 1 nitrogen and oxygen atoms in total. The van der Waals surface area contributed by atoms with Crippen LogP contribution in [0.15, 0.2) is 60.7 Å². The predicted octanol–water partition coefficient (Wildman–Crippen LogP) is 5.50. The Morgan fingerprint density at radius 3 is 2.43 bits per heavy atom. The molecule has 0 aliphatic rings. The Morgan fingerprint density at radius 1 is 0.857 bits per heavy atom. The summed E-state index contributed by atoms with van der Waals surface area (Å²) in [4.78, 5) is 0. The van der Waals surface area contributed by atoms with Crippen LogP contribution in [-0.4, -0.2) is 7.05 Å². The average Bonchev–Trinajstić information content (AvgIpc) is 2.54. The van der Waals surface area contributed by atoms with Crippen LogP contribution in [0.1, 0.15) is 18.9 Å². The zero-order chi connectivity index (χ0) is 14.7. The van der Waals surface area contributed by atoms with E-state index in [2.05, 4.69) is 72.9 Å². The van der Waals surface area contributed by atoms with E-state index in [1.807, 2.05) is 7.05 Å². The Kier molecular flexibility index (Phi) is 3.92. The normalized spacial score (nSPS) is 10.8. The highest BCUT2D eigenvalue weighted by Crippen LogP contribution is 2.34. The molecule has 1 heteroatoms. The quantitative estimate of drug-likeness (QED) is 0.663. The molecule has 3 rings (SSSR count). The van der Waals surface area contributed by atoms with Gasteiger partial charge in [0.1, 0.15) is 0 Å².